The number of carboxylic acids is 1. The van der Waals surface area contributed by atoms with Crippen molar-refractivity contribution in [2.75, 3.05) is 31.8 Å². The van der Waals surface area contributed by atoms with Gasteiger partial charge < -0.3 is 26.2 Å². The molecule has 0 aromatic carbocycles. The monoisotopic (exact) mass is 1090 g/mol. The summed E-state index contributed by atoms with van der Waals surface area (Å²) in [5.74, 6) is 0.574. The Bertz CT molecular complexity index is 1320. The summed E-state index contributed by atoms with van der Waals surface area (Å²) in [5.41, 5.74) is 1.48. The van der Waals surface area contributed by atoms with Gasteiger partial charge in [-0.25, -0.2) is 19.2 Å². The second-order valence-electron chi connectivity index (χ2n) is 17.3. The van der Waals surface area contributed by atoms with E-state index in [9.17, 15) is 19.2 Å². The van der Waals surface area contributed by atoms with Crippen molar-refractivity contribution in [2.45, 2.75) is 229 Å². The first-order valence-corrected chi connectivity index (χ1v) is 28.5. The largest absolute Gasteiger partial charge is 1.00 e. The van der Waals surface area contributed by atoms with Crippen LogP contribution in [-0.4, -0.2) is 78.3 Å². The number of thiol groups is 2. The van der Waals surface area contributed by atoms with Crippen LogP contribution >= 0.6 is 25.3 Å². The van der Waals surface area contributed by atoms with E-state index < -0.39 is 16.4 Å². The molecule has 0 rings (SSSR count). The van der Waals surface area contributed by atoms with E-state index in [2.05, 4.69) is 95.3 Å². The standard InChI is InChI=1S/C12H26S.C12H25.C8H14O2.C8H18S.C7H10O2.C5H8O2.C4H6O2.Na.H2O4S/c1-2-3-4-5-6-7-8-9-10-11-12-13;1-3-5-7-9-11-12-10-8-6-4-2;1-6(2)5-10-8(9)7(3)4;1-2-3-4-5-6-7-8-9;1-4-5-9-7(8)6(2)3;1-4(2)5(6)7-3;1-3(2)4(5)6;;1-5(2,3)4/h13H,2-12H2,1H3;1,3-12H2,2H3;6H,3,5H2,1-2,4H3;9H,2-8H2,1H3;4H,1-2,5H2,3H3;1H2,2-3H3;1H2,2H3,(H,5,6);;(H2,1,2,3,4)/q;-1;;;;;;+1;. The van der Waals surface area contributed by atoms with Crippen LogP contribution in [0.1, 0.15) is 229 Å². The van der Waals surface area contributed by atoms with Crippen LogP contribution in [0.15, 0.2) is 61.3 Å². The fourth-order valence-electron chi connectivity index (χ4n) is 4.78. The van der Waals surface area contributed by atoms with Crippen molar-refractivity contribution in [2.24, 2.45) is 5.92 Å². The Balaban J connectivity index is -0.0000000912. The van der Waals surface area contributed by atoms with Gasteiger partial charge in [0.25, 0.3) is 0 Å². The van der Waals surface area contributed by atoms with Gasteiger partial charge in [-0.05, 0) is 58.0 Å². The van der Waals surface area contributed by atoms with Crippen LogP contribution in [0, 0.1) is 12.8 Å². The Hall–Kier alpha value is -1.85. The molecule has 0 aromatic rings. The number of esters is 3. The zero-order chi connectivity index (χ0) is 56.7. The summed E-state index contributed by atoms with van der Waals surface area (Å²) in [6, 6.07) is 0. The van der Waals surface area contributed by atoms with Crippen LogP contribution in [0.2, 0.25) is 0 Å². The summed E-state index contributed by atoms with van der Waals surface area (Å²) in [7, 11) is -3.34. The quantitative estimate of drug-likeness (QED) is 0.00482. The molecule has 0 aliphatic rings. The van der Waals surface area contributed by atoms with Crippen molar-refractivity contribution >= 4 is 59.5 Å². The fraction of sp³-hybridized carbons (Fsp3) is 0.732. The Morgan fingerprint density at radius 1 is 0.542 bits per heavy atom. The van der Waals surface area contributed by atoms with Crippen LogP contribution in [0.25, 0.3) is 0 Å². The summed E-state index contributed by atoms with van der Waals surface area (Å²) in [6.45, 7) is 38.4. The minimum atomic E-state index is -4.67. The van der Waals surface area contributed by atoms with E-state index in [1.165, 1.54) is 181 Å². The molecule has 16 heteroatoms. The van der Waals surface area contributed by atoms with Gasteiger partial charge in [-0.2, -0.15) is 40.1 Å². The maximum atomic E-state index is 10.7. The molecule has 0 amide bonds. The molecule has 3 N–H and O–H groups in total. The van der Waals surface area contributed by atoms with Crippen LogP contribution in [0.4, 0.5) is 0 Å². The van der Waals surface area contributed by atoms with Gasteiger partial charge in [-0.3, -0.25) is 9.11 Å². The normalized spacial score (nSPS) is 9.44. The second-order valence-corrected chi connectivity index (χ2v) is 19.1. The molecule has 0 aliphatic heterocycles. The molecule has 424 valence electrons. The first-order chi connectivity index (χ1) is 33.3. The Labute approximate surface area is 477 Å². The average Bonchev–Trinajstić information content (AvgIpc) is 3.30. The number of hydrogen-bond donors (Lipinski definition) is 5. The summed E-state index contributed by atoms with van der Waals surface area (Å²) in [6.07, 6.45) is 37.8. The smallest absolute Gasteiger partial charge is 0.478 e. The van der Waals surface area contributed by atoms with Gasteiger partial charge in [0.05, 0.1) is 13.7 Å². The van der Waals surface area contributed by atoms with Crippen molar-refractivity contribution in [3.63, 3.8) is 0 Å². The van der Waals surface area contributed by atoms with Crippen LogP contribution < -0.4 is 29.6 Å². The Morgan fingerprint density at radius 3 is 0.972 bits per heavy atom. The third-order valence-corrected chi connectivity index (χ3v) is 9.49. The summed E-state index contributed by atoms with van der Waals surface area (Å²) in [4.78, 5) is 41.0. The SMILES string of the molecule is C=C(C)C(=O)O.C=C(C)C(=O)OC.C=C(C)C(=O)OCC(C)C.C=CCOC(=O)C(=C)C.CCCCCCCCCCCCS.CCCCCCCCS.O=S(=O)(O)O.[CH2-]CCCCCCCCCCC.[Na+]. The van der Waals surface area contributed by atoms with E-state index in [0.717, 1.165) is 17.9 Å². The number of rotatable bonds is 33. The molecule has 0 radical (unpaired) electrons. The number of carbonyl (C=O) groups excluding carboxylic acids is 3. The van der Waals surface area contributed by atoms with E-state index in [1.54, 1.807) is 20.8 Å². The van der Waals surface area contributed by atoms with Crippen LogP contribution in [0.3, 0.4) is 0 Å². The number of methoxy groups -OCH3 is 1. The average molecular weight is 1090 g/mol. The molecular formula is C56H109NaO12S3. The predicted octanol–water partition coefficient (Wildman–Crippen LogP) is 13.6. The molecule has 0 unspecified atom stereocenters. The summed E-state index contributed by atoms with van der Waals surface area (Å²) < 4.78 is 45.3. The first kappa shape index (κ1) is 89.7. The number of carbonyl (C=O) groups is 4. The minimum absolute atomic E-state index is 0. The third-order valence-electron chi connectivity index (χ3n) is 8.85. The number of hydrogen-bond acceptors (Lipinski definition) is 11. The molecule has 0 atom stereocenters. The molecule has 0 aromatic heterocycles. The molecule has 0 saturated carbocycles. The Morgan fingerprint density at radius 2 is 0.792 bits per heavy atom. The summed E-state index contributed by atoms with van der Waals surface area (Å²) in [5, 5.41) is 7.89. The van der Waals surface area contributed by atoms with Gasteiger partial charge in [0.2, 0.25) is 0 Å². The first-order valence-electron chi connectivity index (χ1n) is 25.9. The van der Waals surface area contributed by atoms with E-state index >= 15 is 0 Å². The maximum absolute atomic E-state index is 10.7. The molecule has 0 aliphatic carbocycles. The van der Waals surface area contributed by atoms with Gasteiger partial charge in [0.15, 0.2) is 0 Å². The molecular weight excluding hydrogens is 984 g/mol. The van der Waals surface area contributed by atoms with Crippen molar-refractivity contribution in [3.8, 4) is 0 Å². The van der Waals surface area contributed by atoms with Gasteiger partial charge >= 0.3 is 63.8 Å². The second kappa shape index (κ2) is 75.7. The zero-order valence-electron chi connectivity index (χ0n) is 47.9. The van der Waals surface area contributed by atoms with E-state index in [0.29, 0.717) is 29.2 Å². The molecule has 0 spiro atoms. The van der Waals surface area contributed by atoms with Crippen molar-refractivity contribution in [1.29, 1.82) is 0 Å². The van der Waals surface area contributed by atoms with Crippen molar-refractivity contribution < 1.29 is 85.6 Å². The van der Waals surface area contributed by atoms with Gasteiger partial charge in [-0.15, -0.1) is 0 Å². The molecule has 0 saturated heterocycles. The van der Waals surface area contributed by atoms with E-state index in [4.69, 9.17) is 27.4 Å². The predicted molar refractivity (Wildman–Crippen MR) is 310 cm³/mol. The van der Waals surface area contributed by atoms with Gasteiger partial charge in [0, 0.05) is 22.3 Å². The fourth-order valence-corrected chi connectivity index (χ4v) is 5.22. The number of ether oxygens (including phenoxy) is 3. The third kappa shape index (κ3) is 122. The van der Waals surface area contributed by atoms with E-state index in [1.807, 2.05) is 13.8 Å². The molecule has 0 heterocycles. The molecule has 0 bridgehead atoms. The number of unbranched alkanes of at least 4 members (excludes halogenated alkanes) is 23. The number of aliphatic carboxylic acids is 1. The van der Waals surface area contributed by atoms with Crippen LogP contribution in [0.5, 0.6) is 0 Å². The van der Waals surface area contributed by atoms with Gasteiger partial charge in [-0.1, -0.05) is 221 Å². The zero-order valence-corrected chi connectivity index (χ0v) is 52.5. The summed E-state index contributed by atoms with van der Waals surface area (Å²) >= 11 is 8.35. The molecule has 0 fully saturated rings. The maximum Gasteiger partial charge on any atom is 1.00 e. The van der Waals surface area contributed by atoms with Crippen molar-refractivity contribution in [3.05, 3.63) is 68.2 Å². The van der Waals surface area contributed by atoms with E-state index in [-0.39, 0.29) is 59.6 Å². The van der Waals surface area contributed by atoms with Crippen molar-refractivity contribution in [1.82, 2.24) is 0 Å². The molecule has 12 nitrogen and oxygen atoms in total. The van der Waals surface area contributed by atoms with Crippen LogP contribution in [-0.2, 0) is 43.8 Å². The molecule has 72 heavy (non-hydrogen) atoms. The Kier molecular flexibility index (Phi) is 94.3. The number of carboxylic acid groups (broad SMARTS) is 1. The topological polar surface area (TPSA) is 191 Å². The minimum Gasteiger partial charge on any atom is -0.478 e. The van der Waals surface area contributed by atoms with Gasteiger partial charge in [0.1, 0.15) is 6.61 Å².